The van der Waals surface area contributed by atoms with Crippen LogP contribution in [0.25, 0.3) is 10.9 Å². The van der Waals surface area contributed by atoms with Crippen LogP contribution in [0, 0.1) is 0 Å². The van der Waals surface area contributed by atoms with Crippen LogP contribution in [0.1, 0.15) is 24.8 Å². The van der Waals surface area contributed by atoms with Gasteiger partial charge in [-0.3, -0.25) is 9.58 Å². The van der Waals surface area contributed by atoms with Crippen LogP contribution in [0.3, 0.4) is 0 Å². The first-order valence-corrected chi connectivity index (χ1v) is 6.74. The van der Waals surface area contributed by atoms with E-state index < -0.39 is 0 Å². The topological polar surface area (TPSA) is 30.3 Å². The number of ether oxygens (including phenoxy) is 1. The maximum atomic E-state index is 6.02. The number of benzene rings is 1. The lowest BCUT2D eigenvalue weighted by Crippen LogP contribution is -2.34. The van der Waals surface area contributed by atoms with Crippen molar-refractivity contribution in [1.29, 1.82) is 0 Å². The van der Waals surface area contributed by atoms with Crippen LogP contribution in [0.5, 0.6) is 0 Å². The van der Waals surface area contributed by atoms with Gasteiger partial charge in [0.2, 0.25) is 0 Å². The molecule has 0 N–H and O–H groups in total. The molecule has 1 atom stereocenters. The van der Waals surface area contributed by atoms with Gasteiger partial charge in [0.1, 0.15) is 0 Å². The molecule has 0 saturated carbocycles. The van der Waals surface area contributed by atoms with Gasteiger partial charge in [0.25, 0.3) is 0 Å². The van der Waals surface area contributed by atoms with Crippen molar-refractivity contribution in [1.82, 2.24) is 14.7 Å². The van der Waals surface area contributed by atoms with E-state index in [1.807, 2.05) is 6.07 Å². The third-order valence-electron chi connectivity index (χ3n) is 3.97. The van der Waals surface area contributed by atoms with Crippen LogP contribution >= 0.6 is 0 Å². The monoisotopic (exact) mass is 243 g/mol. The molecule has 1 saturated heterocycles. The fraction of sp³-hybridized carbons (Fsp3) is 0.500. The van der Waals surface area contributed by atoms with Gasteiger partial charge in [-0.25, -0.2) is 0 Å². The first kappa shape index (κ1) is 10.5. The molecule has 2 aromatic rings. The number of likely N-dealkylation sites (tertiary alicyclic amines) is 1. The van der Waals surface area contributed by atoms with Crippen molar-refractivity contribution in [2.45, 2.75) is 25.6 Å². The van der Waals surface area contributed by atoms with E-state index >= 15 is 0 Å². The Bertz CT molecular complexity index is 571. The van der Waals surface area contributed by atoms with Gasteiger partial charge in [0.15, 0.2) is 6.23 Å². The van der Waals surface area contributed by atoms with E-state index in [4.69, 9.17) is 4.74 Å². The fourth-order valence-electron chi connectivity index (χ4n) is 3.12. The SMILES string of the molecule is c1ccc2c3n(nc2c1)CCO[C@H]3N1CCCC1. The number of rotatable bonds is 1. The second-order valence-corrected chi connectivity index (χ2v) is 5.09. The molecule has 4 rings (SSSR count). The minimum atomic E-state index is 0.105. The zero-order chi connectivity index (χ0) is 11.9. The summed E-state index contributed by atoms with van der Waals surface area (Å²) in [4.78, 5) is 2.44. The minimum Gasteiger partial charge on any atom is -0.355 e. The molecule has 0 unspecified atom stereocenters. The molecule has 4 heteroatoms. The third-order valence-corrected chi connectivity index (χ3v) is 3.97. The van der Waals surface area contributed by atoms with Gasteiger partial charge < -0.3 is 4.74 Å². The quantitative estimate of drug-likeness (QED) is 0.769. The Morgan fingerprint density at radius 2 is 1.94 bits per heavy atom. The van der Waals surface area contributed by atoms with E-state index in [1.165, 1.54) is 23.9 Å². The van der Waals surface area contributed by atoms with Gasteiger partial charge in [-0.2, -0.15) is 5.10 Å². The van der Waals surface area contributed by atoms with Crippen molar-refractivity contribution in [3.8, 4) is 0 Å². The number of fused-ring (bicyclic) bond motifs is 3. The molecule has 1 aromatic heterocycles. The van der Waals surface area contributed by atoms with Crippen molar-refractivity contribution in [2.75, 3.05) is 19.7 Å². The number of nitrogens with zero attached hydrogens (tertiary/aromatic N) is 3. The lowest BCUT2D eigenvalue weighted by Gasteiger charge is -2.31. The fourth-order valence-corrected chi connectivity index (χ4v) is 3.12. The average Bonchev–Trinajstić information content (AvgIpc) is 3.05. The lowest BCUT2D eigenvalue weighted by molar-refractivity contribution is -0.0763. The molecule has 0 spiro atoms. The van der Waals surface area contributed by atoms with E-state index in [2.05, 4.69) is 32.9 Å². The van der Waals surface area contributed by atoms with Gasteiger partial charge in [0.05, 0.1) is 24.4 Å². The zero-order valence-electron chi connectivity index (χ0n) is 10.4. The summed E-state index contributed by atoms with van der Waals surface area (Å²) in [6.45, 7) is 3.92. The highest BCUT2D eigenvalue weighted by atomic mass is 16.5. The Kier molecular flexibility index (Phi) is 2.38. The largest absolute Gasteiger partial charge is 0.355 e. The lowest BCUT2D eigenvalue weighted by atomic mass is 10.1. The van der Waals surface area contributed by atoms with Crippen molar-refractivity contribution >= 4 is 10.9 Å². The summed E-state index contributed by atoms with van der Waals surface area (Å²) in [6, 6.07) is 8.38. The molecule has 1 aromatic carbocycles. The normalized spacial score (nSPS) is 24.6. The molecule has 3 heterocycles. The van der Waals surface area contributed by atoms with Gasteiger partial charge in [0, 0.05) is 18.5 Å². The third kappa shape index (κ3) is 1.49. The van der Waals surface area contributed by atoms with Crippen LogP contribution in [0.2, 0.25) is 0 Å². The predicted molar refractivity (Wildman–Crippen MR) is 69.2 cm³/mol. The molecule has 0 radical (unpaired) electrons. The summed E-state index contributed by atoms with van der Waals surface area (Å²) in [5.74, 6) is 0. The molecular weight excluding hydrogens is 226 g/mol. The van der Waals surface area contributed by atoms with Crippen LogP contribution < -0.4 is 0 Å². The molecule has 0 bridgehead atoms. The summed E-state index contributed by atoms with van der Waals surface area (Å²) in [5, 5.41) is 5.93. The average molecular weight is 243 g/mol. The molecule has 1 fully saturated rings. The molecule has 4 nitrogen and oxygen atoms in total. The number of hydrogen-bond donors (Lipinski definition) is 0. The minimum absolute atomic E-state index is 0.105. The molecule has 0 aliphatic carbocycles. The predicted octanol–water partition coefficient (Wildman–Crippen LogP) is 2.16. The van der Waals surface area contributed by atoms with Crippen LogP contribution in [0.4, 0.5) is 0 Å². The highest BCUT2D eigenvalue weighted by Gasteiger charge is 2.31. The van der Waals surface area contributed by atoms with Crippen molar-refractivity contribution in [3.63, 3.8) is 0 Å². The molecular formula is C14H17N3O. The maximum absolute atomic E-state index is 6.02. The van der Waals surface area contributed by atoms with Gasteiger partial charge in [-0.1, -0.05) is 18.2 Å². The summed E-state index contributed by atoms with van der Waals surface area (Å²) < 4.78 is 8.16. The van der Waals surface area contributed by atoms with Crippen molar-refractivity contribution in [3.05, 3.63) is 30.0 Å². The number of aromatic nitrogens is 2. The van der Waals surface area contributed by atoms with Crippen LogP contribution in [-0.2, 0) is 11.3 Å². The number of hydrogen-bond acceptors (Lipinski definition) is 3. The van der Waals surface area contributed by atoms with Crippen LogP contribution in [0.15, 0.2) is 24.3 Å². The van der Waals surface area contributed by atoms with Crippen LogP contribution in [-0.4, -0.2) is 34.4 Å². The first-order valence-electron chi connectivity index (χ1n) is 6.74. The molecule has 18 heavy (non-hydrogen) atoms. The molecule has 94 valence electrons. The van der Waals surface area contributed by atoms with Crippen molar-refractivity contribution in [2.24, 2.45) is 0 Å². The zero-order valence-corrected chi connectivity index (χ0v) is 10.4. The van der Waals surface area contributed by atoms with E-state index in [-0.39, 0.29) is 6.23 Å². The second-order valence-electron chi connectivity index (χ2n) is 5.09. The van der Waals surface area contributed by atoms with Gasteiger partial charge >= 0.3 is 0 Å². The summed E-state index contributed by atoms with van der Waals surface area (Å²) >= 11 is 0. The Morgan fingerprint density at radius 3 is 2.83 bits per heavy atom. The molecule has 0 amide bonds. The van der Waals surface area contributed by atoms with Gasteiger partial charge in [-0.15, -0.1) is 0 Å². The van der Waals surface area contributed by atoms with E-state index in [0.29, 0.717) is 0 Å². The Balaban J connectivity index is 1.86. The standard InChI is InChI=1S/C14H17N3O/c1-2-6-12-11(5-1)13-14(16-7-3-4-8-16)18-10-9-17(13)15-12/h1-2,5-6,14H,3-4,7-10H2/t14-/m1/s1. The highest BCUT2D eigenvalue weighted by Crippen LogP contribution is 2.33. The van der Waals surface area contributed by atoms with E-state index in [9.17, 15) is 0 Å². The van der Waals surface area contributed by atoms with E-state index in [1.54, 1.807) is 0 Å². The summed E-state index contributed by atoms with van der Waals surface area (Å²) in [7, 11) is 0. The Labute approximate surface area is 106 Å². The summed E-state index contributed by atoms with van der Waals surface area (Å²) in [6.07, 6.45) is 2.67. The van der Waals surface area contributed by atoms with Gasteiger partial charge in [-0.05, 0) is 18.9 Å². The first-order chi connectivity index (χ1) is 8.93. The van der Waals surface area contributed by atoms with E-state index in [0.717, 1.165) is 31.8 Å². The highest BCUT2D eigenvalue weighted by molar-refractivity contribution is 5.81. The second kappa shape index (κ2) is 4.07. The smallest absolute Gasteiger partial charge is 0.154 e. The maximum Gasteiger partial charge on any atom is 0.154 e. The Morgan fingerprint density at radius 1 is 1.11 bits per heavy atom. The molecule has 2 aliphatic rings. The summed E-state index contributed by atoms with van der Waals surface area (Å²) in [5.41, 5.74) is 2.33. The molecule has 2 aliphatic heterocycles. The van der Waals surface area contributed by atoms with Crippen molar-refractivity contribution < 1.29 is 4.74 Å². The Hall–Kier alpha value is -1.39.